The Morgan fingerprint density at radius 2 is 1.67 bits per heavy atom. The minimum absolute atomic E-state index is 0.198. The fourth-order valence-corrected chi connectivity index (χ4v) is 3.17. The van der Waals surface area contributed by atoms with Gasteiger partial charge in [0, 0.05) is 12.0 Å². The molecule has 12 heavy (non-hydrogen) atoms. The third-order valence-corrected chi connectivity index (χ3v) is 3.80. The summed E-state index contributed by atoms with van der Waals surface area (Å²) in [4.78, 5) is 0. The number of unbranched alkanes of at least 4 members (excludes halogenated alkanes) is 1. The van der Waals surface area contributed by atoms with Crippen molar-refractivity contribution in [2.75, 3.05) is 12.0 Å². The lowest BCUT2D eigenvalue weighted by Crippen LogP contribution is -2.09. The molecule has 0 heterocycles. The van der Waals surface area contributed by atoms with E-state index in [1.54, 1.807) is 0 Å². The van der Waals surface area contributed by atoms with E-state index in [1.165, 1.54) is 0 Å². The van der Waals surface area contributed by atoms with Crippen LogP contribution >= 0.6 is 0 Å². The summed E-state index contributed by atoms with van der Waals surface area (Å²) in [5, 5.41) is 0. The molecule has 0 unspecified atom stereocenters. The number of rotatable bonds is 5. The van der Waals surface area contributed by atoms with Crippen molar-refractivity contribution in [3.05, 3.63) is 4.13 Å². The van der Waals surface area contributed by atoms with Gasteiger partial charge in [-0.05, 0) is 6.42 Å². The van der Waals surface area contributed by atoms with E-state index in [1.807, 2.05) is 6.92 Å². The fraction of sp³-hybridized carbons (Fsp3) is 1.00. The van der Waals surface area contributed by atoms with Gasteiger partial charge >= 0.3 is 0 Å². The number of hydrogen-bond donors (Lipinski definition) is 0. The lowest BCUT2D eigenvalue weighted by atomic mass is 10.4. The summed E-state index contributed by atoms with van der Waals surface area (Å²) in [5.74, 6) is -0.198. The van der Waals surface area contributed by atoms with Crippen LogP contribution in [0.4, 0.5) is 0 Å². The van der Waals surface area contributed by atoms with Crippen LogP contribution in [0.2, 0.25) is 0 Å². The third kappa shape index (κ3) is 6.56. The zero-order valence-corrected chi connectivity index (χ0v) is 8.65. The largest absolute Gasteiger partial charge is 0.436 e. The highest BCUT2D eigenvalue weighted by Crippen LogP contribution is 2.09. The van der Waals surface area contributed by atoms with E-state index in [2.05, 4.69) is 4.13 Å². The molecule has 0 saturated heterocycles. The van der Waals surface area contributed by atoms with Crippen LogP contribution < -0.4 is 0 Å². The van der Waals surface area contributed by atoms with E-state index in [9.17, 15) is 16.8 Å². The van der Waals surface area contributed by atoms with Crippen LogP contribution in [-0.2, 0) is 20.0 Å². The predicted molar refractivity (Wildman–Crippen MR) is 46.9 cm³/mol. The molecule has 7 heteroatoms. The van der Waals surface area contributed by atoms with Gasteiger partial charge in [-0.15, -0.1) is 0 Å². The Labute approximate surface area is 73.3 Å². The van der Waals surface area contributed by atoms with E-state index in [0.29, 0.717) is 12.8 Å². The Morgan fingerprint density at radius 1 is 1.17 bits per heavy atom. The molecule has 74 valence electrons. The molecule has 0 spiro atoms. The summed E-state index contributed by atoms with van der Waals surface area (Å²) in [6.07, 6.45) is 1.89. The lowest BCUT2D eigenvalue weighted by molar-refractivity contribution is 0.595. The van der Waals surface area contributed by atoms with Crippen molar-refractivity contribution < 1.29 is 16.8 Å². The molecule has 0 rings (SSSR count). The second-order valence-corrected chi connectivity index (χ2v) is 6.08. The molecular weight excluding hydrogens is 202 g/mol. The van der Waals surface area contributed by atoms with Crippen molar-refractivity contribution >= 4 is 20.0 Å². The van der Waals surface area contributed by atoms with Gasteiger partial charge < -0.3 is 4.13 Å². The van der Waals surface area contributed by atoms with Crippen LogP contribution in [0, 0.1) is 0 Å². The normalized spacial score (nSPS) is 13.2. The lowest BCUT2D eigenvalue weighted by Gasteiger charge is -2.16. The topological polar surface area (TPSA) is 82.4 Å². The number of hydrogen-bond acceptors (Lipinski definition) is 4. The average Bonchev–Trinajstić information content (AvgIpc) is 1.78. The summed E-state index contributed by atoms with van der Waals surface area (Å²) in [6.45, 7) is 1.82. The van der Waals surface area contributed by atoms with Gasteiger partial charge in [-0.25, -0.2) is 16.8 Å². The Balaban J connectivity index is 4.26. The van der Waals surface area contributed by atoms with Gasteiger partial charge in [-0.3, -0.25) is 0 Å². The SMILES string of the molecule is CCCCS(=O)(=O)[N-]S(C)(=O)=O. The van der Waals surface area contributed by atoms with E-state index in [-0.39, 0.29) is 5.75 Å². The number of sulfonamides is 2. The highest BCUT2D eigenvalue weighted by atomic mass is 32.3. The first-order valence-electron chi connectivity index (χ1n) is 3.44. The van der Waals surface area contributed by atoms with E-state index in [4.69, 9.17) is 0 Å². The van der Waals surface area contributed by atoms with Crippen molar-refractivity contribution in [3.63, 3.8) is 0 Å². The van der Waals surface area contributed by atoms with Crippen LogP contribution in [0.1, 0.15) is 19.8 Å². The quantitative estimate of drug-likeness (QED) is 0.665. The molecule has 0 radical (unpaired) electrons. The van der Waals surface area contributed by atoms with Crippen molar-refractivity contribution in [3.8, 4) is 0 Å². The second kappa shape index (κ2) is 4.20. The Hall–Kier alpha value is -0.140. The average molecular weight is 214 g/mol. The molecular formula is C5H12NO4S2-. The zero-order chi connectivity index (χ0) is 9.83. The summed E-state index contributed by atoms with van der Waals surface area (Å²) in [6, 6.07) is 0. The molecule has 0 aromatic heterocycles. The standard InChI is InChI=1S/C5H12NO4S2/c1-3-4-5-12(9,10)6-11(2,7)8/h3-5H2,1-2H3/q-1. The first-order chi connectivity index (χ1) is 5.27. The maximum atomic E-state index is 10.9. The van der Waals surface area contributed by atoms with E-state index in [0.717, 1.165) is 6.26 Å². The van der Waals surface area contributed by atoms with Crippen molar-refractivity contribution in [1.82, 2.24) is 0 Å². The number of nitrogens with zero attached hydrogens (tertiary/aromatic N) is 1. The molecule has 0 bridgehead atoms. The minimum atomic E-state index is -3.78. The summed E-state index contributed by atoms with van der Waals surface area (Å²) >= 11 is 0. The van der Waals surface area contributed by atoms with Crippen LogP contribution in [-0.4, -0.2) is 28.8 Å². The smallest absolute Gasteiger partial charge is 0.0830 e. The van der Waals surface area contributed by atoms with Gasteiger partial charge in [-0.1, -0.05) is 13.3 Å². The molecule has 0 amide bonds. The molecule has 0 aliphatic carbocycles. The molecule has 0 aliphatic heterocycles. The van der Waals surface area contributed by atoms with Crippen molar-refractivity contribution in [2.24, 2.45) is 0 Å². The molecule has 0 aromatic rings. The fourth-order valence-electron chi connectivity index (χ4n) is 0.570. The highest BCUT2D eigenvalue weighted by Gasteiger charge is 2.02. The molecule has 0 aromatic carbocycles. The zero-order valence-electron chi connectivity index (χ0n) is 7.02. The van der Waals surface area contributed by atoms with Crippen molar-refractivity contribution in [1.29, 1.82) is 0 Å². The predicted octanol–water partition coefficient (Wildman–Crippen LogP) is 0.450. The monoisotopic (exact) mass is 214 g/mol. The molecule has 5 nitrogen and oxygen atoms in total. The van der Waals surface area contributed by atoms with Gasteiger partial charge in [0.2, 0.25) is 0 Å². The Kier molecular flexibility index (Phi) is 4.15. The van der Waals surface area contributed by atoms with Gasteiger partial charge in [0.1, 0.15) is 0 Å². The van der Waals surface area contributed by atoms with Crippen LogP contribution in [0.25, 0.3) is 4.13 Å². The summed E-state index contributed by atoms with van der Waals surface area (Å²) in [7, 11) is -7.54. The van der Waals surface area contributed by atoms with Gasteiger partial charge in [0.05, 0.1) is 20.0 Å². The maximum Gasteiger partial charge on any atom is 0.0830 e. The Bertz CT molecular complexity index is 315. The first kappa shape index (κ1) is 11.9. The molecule has 0 fully saturated rings. The molecule has 0 N–H and O–H groups in total. The van der Waals surface area contributed by atoms with Gasteiger partial charge in [0.15, 0.2) is 0 Å². The van der Waals surface area contributed by atoms with Crippen molar-refractivity contribution in [2.45, 2.75) is 19.8 Å². The maximum absolute atomic E-state index is 10.9. The molecule has 0 saturated carbocycles. The second-order valence-electron chi connectivity index (χ2n) is 2.45. The van der Waals surface area contributed by atoms with Crippen LogP contribution in [0.3, 0.4) is 0 Å². The van der Waals surface area contributed by atoms with E-state index < -0.39 is 20.0 Å². The van der Waals surface area contributed by atoms with Gasteiger partial charge in [-0.2, -0.15) is 0 Å². The van der Waals surface area contributed by atoms with E-state index >= 15 is 0 Å². The first-order valence-corrected chi connectivity index (χ1v) is 6.89. The minimum Gasteiger partial charge on any atom is -0.436 e. The van der Waals surface area contributed by atoms with Crippen LogP contribution in [0.15, 0.2) is 0 Å². The van der Waals surface area contributed by atoms with Crippen LogP contribution in [0.5, 0.6) is 0 Å². The molecule has 0 aliphatic rings. The van der Waals surface area contributed by atoms with Gasteiger partial charge in [0.25, 0.3) is 0 Å². The third-order valence-electron chi connectivity index (χ3n) is 1.00. The summed E-state index contributed by atoms with van der Waals surface area (Å²) < 4.78 is 45.4. The highest BCUT2D eigenvalue weighted by molar-refractivity contribution is 8.11. The Morgan fingerprint density at radius 3 is 2.00 bits per heavy atom. The molecule has 0 atom stereocenters. The summed E-state index contributed by atoms with van der Waals surface area (Å²) in [5.41, 5.74) is 0.